The molecule has 1 aromatic heterocycles. The fraction of sp³-hybridized carbons (Fsp3) is 0.500. The van der Waals surface area contributed by atoms with E-state index in [-0.39, 0.29) is 16.6 Å². The van der Waals surface area contributed by atoms with Crippen LogP contribution in [0.4, 0.5) is 23.8 Å². The second-order valence-corrected chi connectivity index (χ2v) is 5.73. The Balaban J connectivity index is 1.77. The van der Waals surface area contributed by atoms with Crippen LogP contribution in [0.3, 0.4) is 0 Å². The minimum atomic E-state index is -4.46. The summed E-state index contributed by atoms with van der Waals surface area (Å²) in [5.74, 6) is 0.308. The van der Waals surface area contributed by atoms with Crippen molar-refractivity contribution in [3.8, 4) is 0 Å². The van der Waals surface area contributed by atoms with Gasteiger partial charge in [-0.25, -0.2) is 9.78 Å². The molecule has 2 fully saturated rings. The van der Waals surface area contributed by atoms with E-state index in [2.05, 4.69) is 10.3 Å². The zero-order chi connectivity index (χ0) is 15.4. The van der Waals surface area contributed by atoms with Crippen LogP contribution in [-0.4, -0.2) is 48.1 Å². The van der Waals surface area contributed by atoms with Crippen LogP contribution in [0, 0.1) is 0 Å². The average Bonchev–Trinajstić information content (AvgIpc) is 2.64. The fourth-order valence-electron chi connectivity index (χ4n) is 2.65. The van der Waals surface area contributed by atoms with Gasteiger partial charge in [0.2, 0.25) is 0 Å². The highest BCUT2D eigenvalue weighted by Gasteiger charge is 2.52. The van der Waals surface area contributed by atoms with E-state index in [4.69, 9.17) is 11.6 Å². The van der Waals surface area contributed by atoms with E-state index in [1.165, 1.54) is 0 Å². The molecule has 0 bridgehead atoms. The predicted molar refractivity (Wildman–Crippen MR) is 70.4 cm³/mol. The minimum absolute atomic E-state index is 0.0420. The molecule has 1 aromatic rings. The van der Waals surface area contributed by atoms with Crippen molar-refractivity contribution in [3.63, 3.8) is 0 Å². The van der Waals surface area contributed by atoms with Gasteiger partial charge in [0, 0.05) is 32.9 Å². The fourth-order valence-corrected chi connectivity index (χ4v) is 2.93. The first-order chi connectivity index (χ1) is 9.73. The second kappa shape index (κ2) is 4.40. The molecule has 3 rings (SSSR count). The van der Waals surface area contributed by atoms with Gasteiger partial charge in [-0.3, -0.25) is 0 Å². The molecule has 0 saturated carbocycles. The molecular weight excluding hydrogens is 309 g/mol. The van der Waals surface area contributed by atoms with E-state index < -0.39 is 11.7 Å². The Morgan fingerprint density at radius 2 is 2.10 bits per heavy atom. The largest absolute Gasteiger partial charge is 0.417 e. The van der Waals surface area contributed by atoms with Crippen LogP contribution in [0.15, 0.2) is 12.3 Å². The second-order valence-electron chi connectivity index (χ2n) is 5.33. The van der Waals surface area contributed by atoms with Gasteiger partial charge < -0.3 is 15.1 Å². The van der Waals surface area contributed by atoms with Crippen molar-refractivity contribution in [3.05, 3.63) is 22.8 Å². The monoisotopic (exact) mass is 320 g/mol. The normalized spacial score (nSPS) is 20.7. The molecule has 0 aromatic carbocycles. The lowest BCUT2D eigenvalue weighted by Gasteiger charge is -2.51. The lowest BCUT2D eigenvalue weighted by molar-refractivity contribution is -0.137. The van der Waals surface area contributed by atoms with Gasteiger partial charge in [-0.1, -0.05) is 11.6 Å². The number of anilines is 1. The molecule has 0 aliphatic carbocycles. The van der Waals surface area contributed by atoms with E-state index >= 15 is 0 Å². The molecule has 0 radical (unpaired) electrons. The first kappa shape index (κ1) is 14.2. The third kappa shape index (κ3) is 2.17. The number of hydrogen-bond donors (Lipinski definition) is 1. The van der Waals surface area contributed by atoms with Gasteiger partial charge in [-0.2, -0.15) is 13.2 Å². The first-order valence-electron chi connectivity index (χ1n) is 6.22. The predicted octanol–water partition coefficient (Wildman–Crippen LogP) is 1.97. The number of carbonyl (C=O) groups is 1. The third-order valence-corrected chi connectivity index (χ3v) is 4.28. The van der Waals surface area contributed by atoms with Crippen LogP contribution in [-0.2, 0) is 6.18 Å². The van der Waals surface area contributed by atoms with Gasteiger partial charge in [-0.15, -0.1) is 0 Å². The van der Waals surface area contributed by atoms with Crippen LogP contribution in [0.25, 0.3) is 0 Å². The number of halogens is 4. The summed E-state index contributed by atoms with van der Waals surface area (Å²) in [7, 11) is 1.70. The maximum Gasteiger partial charge on any atom is 0.417 e. The first-order valence-corrected chi connectivity index (χ1v) is 6.60. The lowest BCUT2D eigenvalue weighted by atomic mass is 9.89. The number of amides is 2. The van der Waals surface area contributed by atoms with Crippen LogP contribution in [0.2, 0.25) is 5.02 Å². The highest BCUT2D eigenvalue weighted by atomic mass is 35.5. The summed E-state index contributed by atoms with van der Waals surface area (Å²) in [5, 5.41) is 2.69. The zero-order valence-electron chi connectivity index (χ0n) is 11.0. The van der Waals surface area contributed by atoms with Crippen LogP contribution in [0.1, 0.15) is 5.56 Å². The molecule has 2 saturated heterocycles. The van der Waals surface area contributed by atoms with E-state index in [9.17, 15) is 18.0 Å². The Labute approximate surface area is 123 Å². The molecule has 21 heavy (non-hydrogen) atoms. The number of likely N-dealkylation sites (N-methyl/N-ethyl adjacent to an activating group) is 1. The lowest BCUT2D eigenvalue weighted by Crippen LogP contribution is -2.69. The SMILES string of the molecule is CN1C(=O)NCC12CN(c1ncc(C(F)(F)F)cc1Cl)C2. The summed E-state index contributed by atoms with van der Waals surface area (Å²) < 4.78 is 37.7. The van der Waals surface area contributed by atoms with Gasteiger partial charge in [0.05, 0.1) is 16.1 Å². The molecule has 2 aliphatic rings. The number of carbonyl (C=O) groups excluding carboxylic acids is 1. The van der Waals surface area contributed by atoms with Crippen molar-refractivity contribution in [1.82, 2.24) is 15.2 Å². The molecule has 1 spiro atoms. The molecule has 114 valence electrons. The molecule has 2 aliphatic heterocycles. The Morgan fingerprint density at radius 3 is 2.57 bits per heavy atom. The topological polar surface area (TPSA) is 48.5 Å². The van der Waals surface area contributed by atoms with Crippen LogP contribution < -0.4 is 10.2 Å². The zero-order valence-corrected chi connectivity index (χ0v) is 11.8. The van der Waals surface area contributed by atoms with Crippen molar-refractivity contribution in [2.24, 2.45) is 0 Å². The summed E-state index contributed by atoms with van der Waals surface area (Å²) in [5.41, 5.74) is -1.20. The van der Waals surface area contributed by atoms with E-state index in [1.54, 1.807) is 16.8 Å². The maximum absolute atomic E-state index is 12.6. The summed E-state index contributed by atoms with van der Waals surface area (Å²) in [6.45, 7) is 1.48. The van der Waals surface area contributed by atoms with Gasteiger partial charge in [0.1, 0.15) is 5.82 Å². The smallest absolute Gasteiger partial charge is 0.350 e. The highest BCUT2D eigenvalue weighted by Crippen LogP contribution is 2.38. The molecule has 1 N–H and O–H groups in total. The molecule has 0 atom stereocenters. The summed E-state index contributed by atoms with van der Waals surface area (Å²) >= 11 is 5.90. The van der Waals surface area contributed by atoms with Crippen molar-refractivity contribution in [2.45, 2.75) is 11.7 Å². The quantitative estimate of drug-likeness (QED) is 0.860. The number of aromatic nitrogens is 1. The van der Waals surface area contributed by atoms with Crippen molar-refractivity contribution in [2.75, 3.05) is 31.6 Å². The summed E-state index contributed by atoms with van der Waals surface area (Å²) in [6.07, 6.45) is -3.69. The molecule has 0 unspecified atom stereocenters. The number of alkyl halides is 3. The average molecular weight is 321 g/mol. The number of nitrogens with zero attached hydrogens (tertiary/aromatic N) is 3. The van der Waals surface area contributed by atoms with E-state index in [1.807, 2.05) is 0 Å². The van der Waals surface area contributed by atoms with Gasteiger partial charge in [0.25, 0.3) is 0 Å². The number of urea groups is 1. The van der Waals surface area contributed by atoms with Gasteiger partial charge >= 0.3 is 12.2 Å². The molecule has 5 nitrogen and oxygen atoms in total. The van der Waals surface area contributed by atoms with Crippen molar-refractivity contribution >= 4 is 23.4 Å². The minimum Gasteiger partial charge on any atom is -0.350 e. The van der Waals surface area contributed by atoms with Crippen LogP contribution in [0.5, 0.6) is 0 Å². The Morgan fingerprint density at radius 1 is 1.43 bits per heavy atom. The Kier molecular flexibility index (Phi) is 2.98. The number of rotatable bonds is 1. The summed E-state index contributed by atoms with van der Waals surface area (Å²) in [4.78, 5) is 18.7. The standard InChI is InChI=1S/C12H12ClF3N4O/c1-19-10(21)18-4-11(19)5-20(6-11)9-8(13)2-7(3-17-9)12(14,15)16/h2-3H,4-6H2,1H3,(H,18,21). The molecule has 9 heteroatoms. The maximum atomic E-state index is 12.6. The van der Waals surface area contributed by atoms with Crippen molar-refractivity contribution < 1.29 is 18.0 Å². The number of pyridine rings is 1. The Hall–Kier alpha value is -1.70. The summed E-state index contributed by atoms with van der Waals surface area (Å²) in [6, 6.07) is 0.720. The van der Waals surface area contributed by atoms with Gasteiger partial charge in [-0.05, 0) is 6.07 Å². The van der Waals surface area contributed by atoms with Gasteiger partial charge in [0.15, 0.2) is 0 Å². The molecule has 2 amide bonds. The molecule has 3 heterocycles. The number of hydrogen-bond acceptors (Lipinski definition) is 3. The van der Waals surface area contributed by atoms with Crippen molar-refractivity contribution in [1.29, 1.82) is 0 Å². The number of nitrogens with one attached hydrogen (secondary N) is 1. The Bertz CT molecular complexity index is 601. The van der Waals surface area contributed by atoms with Crippen LogP contribution >= 0.6 is 11.6 Å². The highest BCUT2D eigenvalue weighted by molar-refractivity contribution is 6.33. The third-order valence-electron chi connectivity index (χ3n) is 4.00. The molecular formula is C12H12ClF3N4O. The van der Waals surface area contributed by atoms with E-state index in [0.29, 0.717) is 25.5 Å². The van der Waals surface area contributed by atoms with E-state index in [0.717, 1.165) is 12.3 Å².